The van der Waals surface area contributed by atoms with Gasteiger partial charge in [0.2, 0.25) is 0 Å². The number of aromatic nitrogens is 2. The summed E-state index contributed by atoms with van der Waals surface area (Å²) in [6.45, 7) is 0.938. The third-order valence-electron chi connectivity index (χ3n) is 4.81. The monoisotopic (exact) mass is 386 g/mol. The van der Waals surface area contributed by atoms with Gasteiger partial charge in [0, 0.05) is 17.6 Å². The Morgan fingerprint density at radius 2 is 2.00 bits per heavy atom. The number of aromatic amines is 1. The van der Waals surface area contributed by atoms with E-state index >= 15 is 0 Å². The maximum absolute atomic E-state index is 12.7. The molecule has 4 rings (SSSR count). The van der Waals surface area contributed by atoms with E-state index in [1.165, 1.54) is 16.9 Å². The van der Waals surface area contributed by atoms with Crippen molar-refractivity contribution in [3.63, 3.8) is 0 Å². The lowest BCUT2D eigenvalue weighted by Crippen LogP contribution is -2.11. The first-order valence-electron chi connectivity index (χ1n) is 9.06. The number of nitrogens with one attached hydrogen (secondary N) is 1. The lowest BCUT2D eigenvalue weighted by Gasteiger charge is -2.12. The van der Waals surface area contributed by atoms with Crippen LogP contribution in [0, 0.1) is 0 Å². The summed E-state index contributed by atoms with van der Waals surface area (Å²) in [5.41, 5.74) is 1.92. The second-order valence-electron chi connectivity index (χ2n) is 6.51. The number of aryl methyl sites for hydroxylation is 2. The molecule has 0 spiro atoms. The fourth-order valence-corrected chi connectivity index (χ4v) is 4.73. The smallest absolute Gasteiger partial charge is 0.260 e. The van der Waals surface area contributed by atoms with Crippen LogP contribution in [-0.4, -0.2) is 37.4 Å². The van der Waals surface area contributed by atoms with Crippen molar-refractivity contribution < 1.29 is 14.2 Å². The molecule has 0 bridgehead atoms. The highest BCUT2D eigenvalue weighted by atomic mass is 32.1. The van der Waals surface area contributed by atoms with Crippen LogP contribution in [0.1, 0.15) is 23.3 Å². The van der Waals surface area contributed by atoms with Gasteiger partial charge < -0.3 is 19.2 Å². The molecule has 3 aromatic rings. The number of nitrogens with zero attached hydrogens (tertiary/aromatic N) is 1. The number of H-pyrrole nitrogens is 1. The first-order chi connectivity index (χ1) is 13.2. The van der Waals surface area contributed by atoms with Gasteiger partial charge in [-0.3, -0.25) is 4.79 Å². The Morgan fingerprint density at radius 3 is 2.81 bits per heavy atom. The van der Waals surface area contributed by atoms with Crippen molar-refractivity contribution >= 4 is 21.6 Å². The molecule has 2 heterocycles. The van der Waals surface area contributed by atoms with Crippen LogP contribution in [0.3, 0.4) is 0 Å². The molecule has 0 aliphatic heterocycles. The minimum absolute atomic E-state index is 0.0613. The number of ether oxygens (including phenoxy) is 3. The Hall–Kier alpha value is -2.38. The van der Waals surface area contributed by atoms with Crippen LogP contribution >= 0.6 is 11.3 Å². The van der Waals surface area contributed by atoms with Crippen LogP contribution in [-0.2, 0) is 17.6 Å². The van der Waals surface area contributed by atoms with Crippen LogP contribution < -0.4 is 15.0 Å². The molecule has 1 aliphatic rings. The number of rotatable bonds is 6. The summed E-state index contributed by atoms with van der Waals surface area (Å²) in [5.74, 6) is 1.78. The van der Waals surface area contributed by atoms with E-state index in [0.29, 0.717) is 30.5 Å². The standard InChI is InChI=1S/C20H22N2O4S/c1-24-9-10-26-14-8-7-12(11-15(14)25-2)18-21-19(23)17-13-5-3-4-6-16(13)27-20(17)22-18/h7-8,11H,3-6,9-10H2,1-2H3,(H,21,22,23). The molecule has 0 amide bonds. The molecule has 1 aromatic carbocycles. The van der Waals surface area contributed by atoms with Crippen LogP contribution in [0.2, 0.25) is 0 Å². The molecule has 0 fully saturated rings. The summed E-state index contributed by atoms with van der Waals surface area (Å²) in [7, 11) is 3.22. The summed E-state index contributed by atoms with van der Waals surface area (Å²) in [5, 5.41) is 0.768. The minimum Gasteiger partial charge on any atom is -0.493 e. The van der Waals surface area contributed by atoms with Crippen LogP contribution in [0.4, 0.5) is 0 Å². The predicted octanol–water partition coefficient (Wildman–Crippen LogP) is 3.56. The quantitative estimate of drug-likeness (QED) is 0.656. The average molecular weight is 386 g/mol. The van der Waals surface area contributed by atoms with Gasteiger partial charge in [-0.1, -0.05) is 0 Å². The van der Waals surface area contributed by atoms with Crippen molar-refractivity contribution in [2.24, 2.45) is 0 Å². The van der Waals surface area contributed by atoms with Crippen molar-refractivity contribution in [1.29, 1.82) is 0 Å². The molecule has 142 valence electrons. The largest absolute Gasteiger partial charge is 0.493 e. The number of fused-ring (bicyclic) bond motifs is 3. The zero-order chi connectivity index (χ0) is 18.8. The summed E-state index contributed by atoms with van der Waals surface area (Å²) >= 11 is 1.65. The van der Waals surface area contributed by atoms with E-state index < -0.39 is 0 Å². The second kappa shape index (κ2) is 7.70. The lowest BCUT2D eigenvalue weighted by atomic mass is 9.97. The van der Waals surface area contributed by atoms with Crippen LogP contribution in [0.15, 0.2) is 23.0 Å². The van der Waals surface area contributed by atoms with Crippen LogP contribution in [0.25, 0.3) is 21.6 Å². The summed E-state index contributed by atoms with van der Waals surface area (Å²) in [4.78, 5) is 22.6. The highest BCUT2D eigenvalue weighted by Gasteiger charge is 2.20. The normalized spacial score (nSPS) is 13.6. The number of hydrogen-bond donors (Lipinski definition) is 1. The molecule has 1 aliphatic carbocycles. The third-order valence-corrected chi connectivity index (χ3v) is 5.99. The molecule has 27 heavy (non-hydrogen) atoms. The van der Waals surface area contributed by atoms with Gasteiger partial charge in [-0.25, -0.2) is 4.98 Å². The number of benzene rings is 1. The fraction of sp³-hybridized carbons (Fsp3) is 0.400. The zero-order valence-corrected chi connectivity index (χ0v) is 16.3. The Bertz CT molecular complexity index is 1020. The molecule has 0 saturated carbocycles. The Balaban J connectivity index is 1.72. The van der Waals surface area contributed by atoms with E-state index in [1.54, 1.807) is 25.6 Å². The maximum Gasteiger partial charge on any atom is 0.260 e. The number of methoxy groups -OCH3 is 2. The van der Waals surface area contributed by atoms with E-state index in [2.05, 4.69) is 4.98 Å². The number of hydrogen-bond acceptors (Lipinski definition) is 6. The molecule has 7 heteroatoms. The van der Waals surface area contributed by atoms with Crippen molar-refractivity contribution in [1.82, 2.24) is 9.97 Å². The minimum atomic E-state index is -0.0613. The first-order valence-corrected chi connectivity index (χ1v) is 9.87. The topological polar surface area (TPSA) is 73.4 Å². The molecular formula is C20H22N2O4S. The molecule has 0 atom stereocenters. The number of thiophene rings is 1. The molecule has 2 aromatic heterocycles. The molecule has 6 nitrogen and oxygen atoms in total. The first kappa shape index (κ1) is 18.0. The highest BCUT2D eigenvalue weighted by Crippen LogP contribution is 2.35. The summed E-state index contributed by atoms with van der Waals surface area (Å²) < 4.78 is 16.1. The van der Waals surface area contributed by atoms with E-state index in [4.69, 9.17) is 19.2 Å². The van der Waals surface area contributed by atoms with Crippen molar-refractivity contribution in [2.75, 3.05) is 27.4 Å². The van der Waals surface area contributed by atoms with Gasteiger partial charge in [0.25, 0.3) is 5.56 Å². The molecule has 0 radical (unpaired) electrons. The Labute approximate surface area is 161 Å². The average Bonchev–Trinajstić information content (AvgIpc) is 3.07. The SMILES string of the molecule is COCCOc1ccc(-c2nc3sc4c(c3c(=O)[nH]2)CCCC4)cc1OC. The summed E-state index contributed by atoms with van der Waals surface area (Å²) in [6, 6.07) is 5.54. The Kier molecular flexibility index (Phi) is 5.13. The van der Waals surface area contributed by atoms with Gasteiger partial charge in [-0.2, -0.15) is 0 Å². The Morgan fingerprint density at radius 1 is 1.15 bits per heavy atom. The van der Waals surface area contributed by atoms with E-state index in [-0.39, 0.29) is 5.56 Å². The van der Waals surface area contributed by atoms with Crippen molar-refractivity contribution in [3.05, 3.63) is 39.0 Å². The zero-order valence-electron chi connectivity index (χ0n) is 15.5. The van der Waals surface area contributed by atoms with Gasteiger partial charge in [0.1, 0.15) is 17.3 Å². The van der Waals surface area contributed by atoms with Gasteiger partial charge in [-0.15, -0.1) is 11.3 Å². The van der Waals surface area contributed by atoms with E-state index in [9.17, 15) is 4.79 Å². The van der Waals surface area contributed by atoms with Gasteiger partial charge >= 0.3 is 0 Å². The van der Waals surface area contributed by atoms with E-state index in [1.807, 2.05) is 18.2 Å². The predicted molar refractivity (Wildman–Crippen MR) is 106 cm³/mol. The van der Waals surface area contributed by atoms with Gasteiger partial charge in [-0.05, 0) is 49.4 Å². The van der Waals surface area contributed by atoms with E-state index in [0.717, 1.165) is 35.0 Å². The second-order valence-corrected chi connectivity index (χ2v) is 7.60. The molecule has 0 saturated heterocycles. The third kappa shape index (κ3) is 3.44. The molecule has 0 unspecified atom stereocenters. The fourth-order valence-electron chi connectivity index (χ4n) is 3.47. The maximum atomic E-state index is 12.7. The summed E-state index contributed by atoms with van der Waals surface area (Å²) in [6.07, 6.45) is 4.35. The van der Waals surface area contributed by atoms with Gasteiger partial charge in [0.05, 0.1) is 19.1 Å². The highest BCUT2D eigenvalue weighted by molar-refractivity contribution is 7.18. The van der Waals surface area contributed by atoms with Gasteiger partial charge in [0.15, 0.2) is 11.5 Å². The van der Waals surface area contributed by atoms with Crippen molar-refractivity contribution in [2.45, 2.75) is 25.7 Å². The lowest BCUT2D eigenvalue weighted by molar-refractivity contribution is 0.144. The van der Waals surface area contributed by atoms with Crippen molar-refractivity contribution in [3.8, 4) is 22.9 Å². The molecular weight excluding hydrogens is 364 g/mol. The van der Waals surface area contributed by atoms with Crippen LogP contribution in [0.5, 0.6) is 11.5 Å². The molecule has 1 N–H and O–H groups in total.